The predicted octanol–water partition coefficient (Wildman–Crippen LogP) is 4.36. The Morgan fingerprint density at radius 1 is 1.22 bits per heavy atom. The summed E-state index contributed by atoms with van der Waals surface area (Å²) in [4.78, 5) is 57.2. The summed E-state index contributed by atoms with van der Waals surface area (Å²) >= 11 is 0. The van der Waals surface area contributed by atoms with Crippen LogP contribution in [0.25, 0.3) is 0 Å². The summed E-state index contributed by atoms with van der Waals surface area (Å²) in [7, 11) is 1.28. The molecular formula is C30H46N4O7. The van der Waals surface area contributed by atoms with Gasteiger partial charge in [-0.2, -0.15) is 0 Å². The summed E-state index contributed by atoms with van der Waals surface area (Å²) in [6.45, 7) is 16.1. The molecule has 1 aromatic carbocycles. The molecule has 1 aromatic rings. The summed E-state index contributed by atoms with van der Waals surface area (Å²) in [5.41, 5.74) is 0.0346. The van der Waals surface area contributed by atoms with E-state index in [-0.39, 0.29) is 43.1 Å². The van der Waals surface area contributed by atoms with Crippen molar-refractivity contribution in [1.82, 2.24) is 15.1 Å². The summed E-state index contributed by atoms with van der Waals surface area (Å²) in [5.74, 6) is 0.0619. The number of rotatable bonds is 7. The van der Waals surface area contributed by atoms with Crippen LogP contribution >= 0.6 is 0 Å². The molecule has 0 unspecified atom stereocenters. The Morgan fingerprint density at radius 2 is 1.90 bits per heavy atom. The zero-order chi connectivity index (χ0) is 30.7. The number of piperidine rings is 1. The minimum Gasteiger partial charge on any atom is -0.476 e. The average molecular weight is 575 g/mol. The number of fused-ring (bicyclic) bond motifs is 1. The molecule has 2 aliphatic rings. The summed E-state index contributed by atoms with van der Waals surface area (Å²) < 4.78 is 16.4. The normalized spacial score (nSPS) is 18.4. The number of ether oxygens (including phenoxy) is 3. The third-order valence-corrected chi connectivity index (χ3v) is 7.23. The number of benzene rings is 1. The molecule has 4 amide bonds. The molecule has 0 radical (unpaired) electrons. The van der Waals surface area contributed by atoms with Gasteiger partial charge in [-0.25, -0.2) is 9.59 Å². The monoisotopic (exact) mass is 574 g/mol. The first kappa shape index (κ1) is 32.0. The van der Waals surface area contributed by atoms with Gasteiger partial charge in [0.1, 0.15) is 11.4 Å². The Balaban J connectivity index is 1.96. The molecule has 2 heterocycles. The zero-order valence-corrected chi connectivity index (χ0v) is 26.0. The quantitative estimate of drug-likeness (QED) is 0.514. The highest BCUT2D eigenvalue weighted by atomic mass is 16.6. The van der Waals surface area contributed by atoms with E-state index in [9.17, 15) is 19.2 Å². The molecule has 41 heavy (non-hydrogen) atoms. The van der Waals surface area contributed by atoms with Crippen LogP contribution in [-0.2, 0) is 20.7 Å². The molecule has 0 aromatic heterocycles. The highest BCUT2D eigenvalue weighted by Crippen LogP contribution is 2.40. The van der Waals surface area contributed by atoms with Crippen LogP contribution in [0.2, 0.25) is 0 Å². The molecule has 1 N–H and O–H groups in total. The second-order valence-corrected chi connectivity index (χ2v) is 12.3. The number of hydrogen-bond acceptors (Lipinski definition) is 7. The van der Waals surface area contributed by atoms with Gasteiger partial charge in [-0.3, -0.25) is 9.59 Å². The number of likely N-dealkylation sites (tertiary alicyclic amines) is 1. The molecule has 11 nitrogen and oxygen atoms in total. The fourth-order valence-electron chi connectivity index (χ4n) is 5.35. The van der Waals surface area contributed by atoms with Crippen molar-refractivity contribution in [3.63, 3.8) is 0 Å². The predicted molar refractivity (Wildman–Crippen MR) is 155 cm³/mol. The molecule has 3 rings (SSSR count). The van der Waals surface area contributed by atoms with Gasteiger partial charge in [0.2, 0.25) is 0 Å². The minimum atomic E-state index is -1.12. The largest absolute Gasteiger partial charge is 0.476 e. The van der Waals surface area contributed by atoms with E-state index in [1.165, 1.54) is 7.11 Å². The van der Waals surface area contributed by atoms with Gasteiger partial charge in [-0.1, -0.05) is 6.92 Å². The maximum atomic E-state index is 14.3. The van der Waals surface area contributed by atoms with Crippen LogP contribution in [0.1, 0.15) is 84.2 Å². The molecule has 2 aliphatic heterocycles. The Morgan fingerprint density at radius 3 is 2.49 bits per heavy atom. The van der Waals surface area contributed by atoms with Gasteiger partial charge in [0.25, 0.3) is 11.8 Å². The molecule has 1 fully saturated rings. The molecule has 1 saturated heterocycles. The number of anilines is 1. The SMILES string of the molecule is CCc1cc2c(cc1C(=O)N(C(C)C)[C@@H]1CCCN(C(=O)OC(C)(C)C)C1)N(CCNC(=O)OC)C(=O)C(C)(C)O2. The van der Waals surface area contributed by atoms with Crippen molar-refractivity contribution < 1.29 is 33.4 Å². The van der Waals surface area contributed by atoms with E-state index in [1.807, 2.05) is 52.5 Å². The maximum Gasteiger partial charge on any atom is 0.410 e. The Bertz CT molecular complexity index is 1160. The van der Waals surface area contributed by atoms with E-state index in [0.717, 1.165) is 18.4 Å². The van der Waals surface area contributed by atoms with Crippen LogP contribution < -0.4 is 15.0 Å². The van der Waals surface area contributed by atoms with E-state index in [2.05, 4.69) is 10.1 Å². The summed E-state index contributed by atoms with van der Waals surface area (Å²) in [6.07, 6.45) is 1.12. The smallest absolute Gasteiger partial charge is 0.410 e. The van der Waals surface area contributed by atoms with Crippen molar-refractivity contribution in [3.8, 4) is 5.75 Å². The number of nitrogens with zero attached hydrogens (tertiary/aromatic N) is 3. The van der Waals surface area contributed by atoms with Crippen LogP contribution in [0.15, 0.2) is 12.1 Å². The molecule has 0 spiro atoms. The number of carbonyl (C=O) groups excluding carboxylic acids is 4. The van der Waals surface area contributed by atoms with Gasteiger partial charge in [-0.05, 0) is 85.4 Å². The summed E-state index contributed by atoms with van der Waals surface area (Å²) in [5, 5.41) is 2.61. The Labute approximate surface area is 243 Å². The van der Waals surface area contributed by atoms with Crippen molar-refractivity contribution in [2.45, 2.75) is 97.9 Å². The first-order valence-corrected chi connectivity index (χ1v) is 14.4. The van der Waals surface area contributed by atoms with Crippen LogP contribution in [0.3, 0.4) is 0 Å². The van der Waals surface area contributed by atoms with E-state index >= 15 is 0 Å². The first-order valence-electron chi connectivity index (χ1n) is 14.4. The molecule has 0 saturated carbocycles. The molecular weight excluding hydrogens is 528 g/mol. The fraction of sp³-hybridized carbons (Fsp3) is 0.667. The van der Waals surface area contributed by atoms with Crippen LogP contribution in [0.4, 0.5) is 15.3 Å². The van der Waals surface area contributed by atoms with Gasteiger partial charge in [0.15, 0.2) is 5.60 Å². The van der Waals surface area contributed by atoms with E-state index in [0.29, 0.717) is 36.5 Å². The highest BCUT2D eigenvalue weighted by molar-refractivity contribution is 6.05. The lowest BCUT2D eigenvalue weighted by Gasteiger charge is -2.42. The third kappa shape index (κ3) is 7.42. The lowest BCUT2D eigenvalue weighted by molar-refractivity contribution is -0.132. The van der Waals surface area contributed by atoms with Crippen LogP contribution in [0, 0.1) is 0 Å². The Kier molecular flexibility index (Phi) is 9.81. The van der Waals surface area contributed by atoms with Crippen molar-refractivity contribution in [1.29, 1.82) is 0 Å². The second kappa shape index (κ2) is 12.6. The van der Waals surface area contributed by atoms with Crippen LogP contribution in [0.5, 0.6) is 5.75 Å². The van der Waals surface area contributed by atoms with Crippen molar-refractivity contribution in [3.05, 3.63) is 23.3 Å². The lowest BCUT2D eigenvalue weighted by Crippen LogP contribution is -2.55. The number of aryl methyl sites for hydroxylation is 1. The third-order valence-electron chi connectivity index (χ3n) is 7.23. The molecule has 228 valence electrons. The van der Waals surface area contributed by atoms with E-state index in [4.69, 9.17) is 9.47 Å². The number of amides is 4. The Hall–Kier alpha value is -3.50. The van der Waals surface area contributed by atoms with Crippen LogP contribution in [-0.4, -0.2) is 90.4 Å². The van der Waals surface area contributed by atoms with Gasteiger partial charge >= 0.3 is 12.2 Å². The second-order valence-electron chi connectivity index (χ2n) is 12.3. The van der Waals surface area contributed by atoms with E-state index in [1.54, 1.807) is 29.7 Å². The number of hydrogen-bond donors (Lipinski definition) is 1. The number of nitrogens with one attached hydrogen (secondary N) is 1. The lowest BCUT2D eigenvalue weighted by atomic mass is 9.96. The zero-order valence-electron chi connectivity index (χ0n) is 26.0. The van der Waals surface area contributed by atoms with Gasteiger partial charge in [-0.15, -0.1) is 0 Å². The first-order chi connectivity index (χ1) is 19.1. The number of carbonyl (C=O) groups is 4. The van der Waals surface area contributed by atoms with Gasteiger partial charge in [0.05, 0.1) is 18.8 Å². The van der Waals surface area contributed by atoms with E-state index < -0.39 is 17.3 Å². The van der Waals surface area contributed by atoms with Gasteiger partial charge < -0.3 is 34.2 Å². The van der Waals surface area contributed by atoms with Crippen molar-refractivity contribution >= 4 is 29.7 Å². The maximum absolute atomic E-state index is 14.3. The highest BCUT2D eigenvalue weighted by Gasteiger charge is 2.42. The molecule has 0 bridgehead atoms. The van der Waals surface area contributed by atoms with Gasteiger partial charge in [0, 0.05) is 37.8 Å². The molecule has 1 atom stereocenters. The number of alkyl carbamates (subject to hydrolysis) is 1. The van der Waals surface area contributed by atoms with Crippen molar-refractivity contribution in [2.75, 3.05) is 38.2 Å². The summed E-state index contributed by atoms with van der Waals surface area (Å²) in [6, 6.07) is 3.24. The minimum absolute atomic E-state index is 0.135. The topological polar surface area (TPSA) is 118 Å². The molecule has 0 aliphatic carbocycles. The van der Waals surface area contributed by atoms with Crippen molar-refractivity contribution in [2.24, 2.45) is 0 Å². The fourth-order valence-corrected chi connectivity index (χ4v) is 5.35. The standard InChI is InChI=1S/C30H46N4O7/c1-10-20-16-24-23(33(15-13-31-27(37)39-9)26(36)30(7,8)40-24)17-22(20)25(35)34(19(2)3)21-12-11-14-32(18-21)28(38)41-29(4,5)6/h16-17,19,21H,10-15,18H2,1-9H3,(H,31,37)/t21-/m1/s1. The average Bonchev–Trinajstić information content (AvgIpc) is 2.88. The number of methoxy groups -OCH3 is 1. The molecule has 11 heteroatoms.